The Labute approximate surface area is 126 Å². The summed E-state index contributed by atoms with van der Waals surface area (Å²) in [6, 6.07) is 0. The first-order valence-corrected chi connectivity index (χ1v) is 7.88. The van der Waals surface area contributed by atoms with Gasteiger partial charge in [0.2, 0.25) is 0 Å². The second-order valence-electron chi connectivity index (χ2n) is 5.94. The topological polar surface area (TPSA) is 47.3 Å². The lowest BCUT2D eigenvalue weighted by molar-refractivity contribution is -0.131. The molecule has 0 amide bonds. The van der Waals surface area contributed by atoms with Crippen molar-refractivity contribution in [1.82, 2.24) is 9.78 Å². The van der Waals surface area contributed by atoms with Crippen molar-refractivity contribution in [2.75, 3.05) is 0 Å². The lowest BCUT2D eigenvalue weighted by Gasteiger charge is -2.39. The zero-order valence-corrected chi connectivity index (χ0v) is 13.6. The monoisotopic (exact) mass is 300 g/mol. The number of ether oxygens (including phenoxy) is 1. The van der Waals surface area contributed by atoms with E-state index in [1.54, 1.807) is 0 Å². The Morgan fingerprint density at radius 1 is 1.35 bits per heavy atom. The van der Waals surface area contributed by atoms with Gasteiger partial charge in [-0.2, -0.15) is 5.10 Å². The lowest BCUT2D eigenvalue weighted by Crippen LogP contribution is -2.45. The van der Waals surface area contributed by atoms with Gasteiger partial charge in [-0.05, 0) is 27.2 Å². The Morgan fingerprint density at radius 3 is 2.45 bits per heavy atom. The number of nitrogens with zero attached hydrogens (tertiary/aromatic N) is 2. The van der Waals surface area contributed by atoms with Crippen LogP contribution in [0.15, 0.2) is 0 Å². The Morgan fingerprint density at radius 2 is 1.95 bits per heavy atom. The molecule has 114 valence electrons. The van der Waals surface area contributed by atoms with Crippen LogP contribution in [-0.2, 0) is 24.1 Å². The molecule has 4 nitrogen and oxygen atoms in total. The van der Waals surface area contributed by atoms with Crippen LogP contribution in [0, 0.1) is 0 Å². The average Bonchev–Trinajstić information content (AvgIpc) is 2.64. The van der Waals surface area contributed by atoms with Gasteiger partial charge in [0.1, 0.15) is 0 Å². The number of hydrogen-bond acceptors (Lipinski definition) is 3. The van der Waals surface area contributed by atoms with E-state index in [0.29, 0.717) is 19.3 Å². The van der Waals surface area contributed by atoms with E-state index in [1.165, 1.54) is 0 Å². The molecule has 5 heteroatoms. The molecule has 2 heterocycles. The van der Waals surface area contributed by atoms with Crippen molar-refractivity contribution in [3.8, 4) is 0 Å². The van der Waals surface area contributed by atoms with Crippen molar-refractivity contribution >= 4 is 11.6 Å². The zero-order chi connectivity index (χ0) is 14.9. The summed E-state index contributed by atoms with van der Waals surface area (Å²) >= 11 is 6.44. The van der Waals surface area contributed by atoms with Gasteiger partial charge in [-0.25, -0.2) is 0 Å². The number of aryl methyl sites for hydroxylation is 2. The minimum absolute atomic E-state index is 0.0752. The second-order valence-corrected chi connectivity index (χ2v) is 6.32. The van der Waals surface area contributed by atoms with Gasteiger partial charge in [0.05, 0.1) is 34.2 Å². The number of aromatic nitrogens is 2. The summed E-state index contributed by atoms with van der Waals surface area (Å²) in [6.07, 6.45) is 2.80. The molecule has 2 rings (SSSR count). The molecule has 1 aromatic heterocycles. The van der Waals surface area contributed by atoms with Crippen LogP contribution in [0.5, 0.6) is 0 Å². The Balaban J connectivity index is 2.26. The summed E-state index contributed by atoms with van der Waals surface area (Å²) in [5.74, 6) is 0. The number of hydrogen-bond donors (Lipinski definition) is 1. The highest BCUT2D eigenvalue weighted by Crippen LogP contribution is 2.34. The Bertz CT molecular complexity index is 463. The Hall–Kier alpha value is -0.580. The maximum atomic E-state index is 10.9. The van der Waals surface area contributed by atoms with Crippen LogP contribution in [0.1, 0.15) is 51.9 Å². The van der Waals surface area contributed by atoms with Crippen molar-refractivity contribution in [3.63, 3.8) is 0 Å². The highest BCUT2D eigenvalue weighted by molar-refractivity contribution is 6.31. The Kier molecular flexibility index (Phi) is 4.77. The molecular formula is C15H25ClN2O2. The van der Waals surface area contributed by atoms with Gasteiger partial charge in [-0.15, -0.1) is 0 Å². The number of rotatable bonds is 4. The van der Waals surface area contributed by atoms with E-state index in [4.69, 9.17) is 16.3 Å². The fourth-order valence-electron chi connectivity index (χ4n) is 3.29. The molecule has 1 aliphatic heterocycles. The summed E-state index contributed by atoms with van der Waals surface area (Å²) in [7, 11) is 0. The van der Waals surface area contributed by atoms with Crippen molar-refractivity contribution in [2.24, 2.45) is 0 Å². The second kappa shape index (κ2) is 6.04. The smallest absolute Gasteiger partial charge is 0.0850 e. The predicted octanol–water partition coefficient (Wildman–Crippen LogP) is 2.98. The van der Waals surface area contributed by atoms with E-state index in [9.17, 15) is 5.11 Å². The van der Waals surface area contributed by atoms with E-state index in [1.807, 2.05) is 32.4 Å². The molecule has 0 spiro atoms. The molecule has 1 aromatic rings. The summed E-state index contributed by atoms with van der Waals surface area (Å²) in [5.41, 5.74) is 1.12. The molecule has 0 aromatic carbocycles. The normalized spacial score (nSPS) is 30.7. The van der Waals surface area contributed by atoms with E-state index < -0.39 is 5.60 Å². The third-order valence-corrected chi connectivity index (χ3v) is 4.43. The number of halogens is 1. The molecule has 1 saturated heterocycles. The molecule has 2 atom stereocenters. The molecule has 0 saturated carbocycles. The standard InChI is InChI=1S/C15H25ClN2O2/c1-5-12-14(16)13(18(6-2)17-12)9-15(19)7-10(3)20-11(4)8-15/h10-11,19H,5-9H2,1-4H3. The van der Waals surface area contributed by atoms with Crippen molar-refractivity contribution in [3.05, 3.63) is 16.4 Å². The zero-order valence-electron chi connectivity index (χ0n) is 12.8. The fourth-order valence-corrected chi connectivity index (χ4v) is 3.62. The predicted molar refractivity (Wildman–Crippen MR) is 80.2 cm³/mol. The van der Waals surface area contributed by atoms with E-state index >= 15 is 0 Å². The molecule has 0 radical (unpaired) electrons. The first kappa shape index (κ1) is 15.8. The van der Waals surface area contributed by atoms with E-state index in [0.717, 1.165) is 29.4 Å². The molecule has 2 unspecified atom stereocenters. The first-order valence-electron chi connectivity index (χ1n) is 7.50. The van der Waals surface area contributed by atoms with Gasteiger partial charge in [0, 0.05) is 25.8 Å². The maximum absolute atomic E-state index is 10.9. The first-order chi connectivity index (χ1) is 9.38. The molecule has 20 heavy (non-hydrogen) atoms. The molecular weight excluding hydrogens is 276 g/mol. The van der Waals surface area contributed by atoms with Gasteiger partial charge in [0.15, 0.2) is 0 Å². The van der Waals surface area contributed by atoms with Gasteiger partial charge < -0.3 is 9.84 Å². The van der Waals surface area contributed by atoms with Gasteiger partial charge in [-0.1, -0.05) is 18.5 Å². The van der Waals surface area contributed by atoms with Gasteiger partial charge in [0.25, 0.3) is 0 Å². The fraction of sp³-hybridized carbons (Fsp3) is 0.800. The number of aliphatic hydroxyl groups is 1. The van der Waals surface area contributed by atoms with Gasteiger partial charge in [-0.3, -0.25) is 4.68 Å². The minimum atomic E-state index is -0.751. The molecule has 0 bridgehead atoms. The SMILES string of the molecule is CCc1nn(CC)c(CC2(O)CC(C)OC(C)C2)c1Cl. The average molecular weight is 301 g/mol. The maximum Gasteiger partial charge on any atom is 0.0850 e. The summed E-state index contributed by atoms with van der Waals surface area (Å²) < 4.78 is 7.64. The van der Waals surface area contributed by atoms with Gasteiger partial charge >= 0.3 is 0 Å². The molecule has 0 aliphatic carbocycles. The minimum Gasteiger partial charge on any atom is -0.389 e. The summed E-state index contributed by atoms with van der Waals surface area (Å²) in [6.45, 7) is 8.89. The van der Waals surface area contributed by atoms with Crippen molar-refractivity contribution in [1.29, 1.82) is 0 Å². The van der Waals surface area contributed by atoms with Crippen LogP contribution in [-0.4, -0.2) is 32.7 Å². The lowest BCUT2D eigenvalue weighted by atomic mass is 9.84. The van der Waals surface area contributed by atoms with Crippen LogP contribution in [0.4, 0.5) is 0 Å². The highest BCUT2D eigenvalue weighted by Gasteiger charge is 2.38. The quantitative estimate of drug-likeness (QED) is 0.930. The molecule has 1 N–H and O–H groups in total. The third kappa shape index (κ3) is 3.18. The largest absolute Gasteiger partial charge is 0.389 e. The van der Waals surface area contributed by atoms with Crippen LogP contribution in [0.25, 0.3) is 0 Å². The van der Waals surface area contributed by atoms with E-state index in [2.05, 4.69) is 5.10 Å². The summed E-state index contributed by atoms with van der Waals surface area (Å²) in [4.78, 5) is 0. The highest BCUT2D eigenvalue weighted by atomic mass is 35.5. The van der Waals surface area contributed by atoms with Crippen LogP contribution in [0.2, 0.25) is 5.02 Å². The summed E-state index contributed by atoms with van der Waals surface area (Å²) in [5, 5.41) is 16.2. The van der Waals surface area contributed by atoms with Crippen LogP contribution < -0.4 is 0 Å². The molecule has 1 fully saturated rings. The van der Waals surface area contributed by atoms with Crippen LogP contribution >= 0.6 is 11.6 Å². The van der Waals surface area contributed by atoms with Crippen molar-refractivity contribution in [2.45, 2.75) is 77.7 Å². The van der Waals surface area contributed by atoms with Crippen LogP contribution in [0.3, 0.4) is 0 Å². The van der Waals surface area contributed by atoms with Crippen molar-refractivity contribution < 1.29 is 9.84 Å². The molecule has 1 aliphatic rings. The van der Waals surface area contributed by atoms with E-state index in [-0.39, 0.29) is 12.2 Å². The third-order valence-electron chi connectivity index (χ3n) is 3.99.